The van der Waals surface area contributed by atoms with Crippen molar-refractivity contribution in [1.29, 1.82) is 0 Å². The molecule has 0 unspecified atom stereocenters. The van der Waals surface area contributed by atoms with Crippen LogP contribution in [-0.2, 0) is 0 Å². The Morgan fingerprint density at radius 3 is 2.85 bits per heavy atom. The van der Waals surface area contributed by atoms with Gasteiger partial charge in [0.15, 0.2) is 5.78 Å². The van der Waals surface area contributed by atoms with Crippen LogP contribution in [0.1, 0.15) is 49.1 Å². The van der Waals surface area contributed by atoms with E-state index in [1.807, 2.05) is 4.68 Å². The highest BCUT2D eigenvalue weighted by Crippen LogP contribution is 2.29. The quantitative estimate of drug-likeness (QED) is 0.651. The summed E-state index contributed by atoms with van der Waals surface area (Å²) in [5.41, 5.74) is 0.756. The van der Waals surface area contributed by atoms with Crippen LogP contribution < -0.4 is 0 Å². The van der Waals surface area contributed by atoms with Crippen LogP contribution in [-0.4, -0.2) is 15.6 Å². The first kappa shape index (κ1) is 8.48. The maximum Gasteiger partial charge on any atom is 0.177 e. The molecule has 1 aliphatic carbocycles. The molecule has 0 amide bonds. The van der Waals surface area contributed by atoms with Gasteiger partial charge in [0.25, 0.3) is 0 Å². The highest BCUT2D eigenvalue weighted by atomic mass is 16.1. The van der Waals surface area contributed by atoms with Crippen LogP contribution >= 0.6 is 0 Å². The highest BCUT2D eigenvalue weighted by molar-refractivity contribution is 5.92. The topological polar surface area (TPSA) is 34.9 Å². The van der Waals surface area contributed by atoms with Gasteiger partial charge in [0.1, 0.15) is 5.69 Å². The Kier molecular flexibility index (Phi) is 2.17. The first-order valence-corrected chi connectivity index (χ1v) is 4.83. The lowest BCUT2D eigenvalue weighted by Crippen LogP contribution is -2.12. The fourth-order valence-electron chi connectivity index (χ4n) is 2.03. The summed E-state index contributed by atoms with van der Waals surface area (Å²) in [5.74, 6) is 0.115. The third kappa shape index (κ3) is 1.50. The lowest BCUT2D eigenvalue weighted by atomic mass is 10.2. The molecule has 1 aliphatic rings. The van der Waals surface area contributed by atoms with Crippen LogP contribution in [0.3, 0.4) is 0 Å². The van der Waals surface area contributed by atoms with Crippen molar-refractivity contribution in [2.75, 3.05) is 0 Å². The van der Waals surface area contributed by atoms with E-state index in [0.29, 0.717) is 6.04 Å². The van der Waals surface area contributed by atoms with Gasteiger partial charge in [0.05, 0.1) is 6.04 Å². The molecule has 0 aromatic carbocycles. The first-order valence-electron chi connectivity index (χ1n) is 4.83. The molecule has 1 aromatic rings. The number of hydrogen-bond acceptors (Lipinski definition) is 2. The van der Waals surface area contributed by atoms with Gasteiger partial charge < -0.3 is 0 Å². The van der Waals surface area contributed by atoms with Crippen molar-refractivity contribution in [2.45, 2.75) is 38.6 Å². The van der Waals surface area contributed by atoms with Crippen LogP contribution in [0, 0.1) is 0 Å². The first-order chi connectivity index (χ1) is 6.29. The highest BCUT2D eigenvalue weighted by Gasteiger charge is 2.20. The summed E-state index contributed by atoms with van der Waals surface area (Å²) < 4.78 is 1.90. The van der Waals surface area contributed by atoms with Gasteiger partial charge >= 0.3 is 0 Å². The Morgan fingerprint density at radius 1 is 1.54 bits per heavy atom. The Hall–Kier alpha value is -1.12. The third-order valence-electron chi connectivity index (χ3n) is 2.70. The van der Waals surface area contributed by atoms with Gasteiger partial charge in [-0.05, 0) is 18.9 Å². The van der Waals surface area contributed by atoms with Crippen molar-refractivity contribution in [3.8, 4) is 0 Å². The molecule has 0 radical (unpaired) electrons. The third-order valence-corrected chi connectivity index (χ3v) is 2.70. The molecule has 70 valence electrons. The zero-order valence-corrected chi connectivity index (χ0v) is 7.86. The Balaban J connectivity index is 2.28. The Labute approximate surface area is 77.7 Å². The van der Waals surface area contributed by atoms with E-state index in [1.54, 1.807) is 19.2 Å². The summed E-state index contributed by atoms with van der Waals surface area (Å²) >= 11 is 0. The summed E-state index contributed by atoms with van der Waals surface area (Å²) in [6.45, 7) is 1.60. The second kappa shape index (κ2) is 3.32. The second-order valence-electron chi connectivity index (χ2n) is 3.66. The van der Waals surface area contributed by atoms with Gasteiger partial charge in [-0.1, -0.05) is 12.8 Å². The standard InChI is InChI=1S/C10H14N2O/c1-8(13)10-6-7-11-12(10)9-4-2-3-5-9/h6-7,9H,2-5H2,1H3. The largest absolute Gasteiger partial charge is 0.293 e. The van der Waals surface area contributed by atoms with E-state index in [0.717, 1.165) is 5.69 Å². The van der Waals surface area contributed by atoms with Crippen molar-refractivity contribution in [1.82, 2.24) is 9.78 Å². The number of aromatic nitrogens is 2. The molecule has 13 heavy (non-hydrogen) atoms. The van der Waals surface area contributed by atoms with E-state index in [1.165, 1.54) is 25.7 Å². The van der Waals surface area contributed by atoms with E-state index in [4.69, 9.17) is 0 Å². The van der Waals surface area contributed by atoms with Crippen LogP contribution in [0.25, 0.3) is 0 Å². The summed E-state index contributed by atoms with van der Waals surface area (Å²) in [4.78, 5) is 11.2. The van der Waals surface area contributed by atoms with Crippen molar-refractivity contribution >= 4 is 5.78 Å². The molecular formula is C10H14N2O. The molecule has 0 spiro atoms. The number of carbonyl (C=O) groups excluding carboxylic acids is 1. The van der Waals surface area contributed by atoms with Crippen LogP contribution in [0.15, 0.2) is 12.3 Å². The average Bonchev–Trinajstić information content (AvgIpc) is 2.74. The van der Waals surface area contributed by atoms with Crippen molar-refractivity contribution < 1.29 is 4.79 Å². The maximum absolute atomic E-state index is 11.2. The van der Waals surface area contributed by atoms with Gasteiger partial charge in [-0.15, -0.1) is 0 Å². The Morgan fingerprint density at radius 2 is 2.23 bits per heavy atom. The molecule has 0 saturated heterocycles. The molecule has 1 heterocycles. The number of Topliss-reactive ketones (excluding diaryl/α,β-unsaturated/α-hetero) is 1. The van der Waals surface area contributed by atoms with E-state index < -0.39 is 0 Å². The minimum Gasteiger partial charge on any atom is -0.293 e. The predicted molar refractivity (Wildman–Crippen MR) is 49.7 cm³/mol. The normalized spacial score (nSPS) is 17.9. The molecule has 1 fully saturated rings. The van der Waals surface area contributed by atoms with Gasteiger partial charge in [-0.25, -0.2) is 0 Å². The molecule has 1 saturated carbocycles. The molecule has 3 heteroatoms. The maximum atomic E-state index is 11.2. The fraction of sp³-hybridized carbons (Fsp3) is 0.600. The Bertz CT molecular complexity index is 310. The summed E-state index contributed by atoms with van der Waals surface area (Å²) in [5, 5.41) is 4.22. The molecule has 3 nitrogen and oxygen atoms in total. The SMILES string of the molecule is CC(=O)c1ccnn1C1CCCC1. The number of hydrogen-bond donors (Lipinski definition) is 0. The fourth-order valence-corrected chi connectivity index (χ4v) is 2.03. The van der Waals surface area contributed by atoms with Crippen molar-refractivity contribution in [2.24, 2.45) is 0 Å². The van der Waals surface area contributed by atoms with E-state index in [-0.39, 0.29) is 5.78 Å². The zero-order chi connectivity index (χ0) is 9.26. The van der Waals surface area contributed by atoms with Gasteiger partial charge in [0.2, 0.25) is 0 Å². The minimum atomic E-state index is 0.115. The molecule has 0 atom stereocenters. The van der Waals surface area contributed by atoms with E-state index in [2.05, 4.69) is 5.10 Å². The molecule has 2 rings (SSSR count). The van der Waals surface area contributed by atoms with E-state index >= 15 is 0 Å². The molecule has 1 aromatic heterocycles. The zero-order valence-electron chi connectivity index (χ0n) is 7.86. The van der Waals surface area contributed by atoms with Gasteiger partial charge in [-0.3, -0.25) is 9.48 Å². The van der Waals surface area contributed by atoms with Crippen molar-refractivity contribution in [3.05, 3.63) is 18.0 Å². The van der Waals surface area contributed by atoms with Crippen molar-refractivity contribution in [3.63, 3.8) is 0 Å². The van der Waals surface area contributed by atoms with Gasteiger partial charge in [-0.2, -0.15) is 5.10 Å². The van der Waals surface area contributed by atoms with Crippen LogP contribution in [0.2, 0.25) is 0 Å². The van der Waals surface area contributed by atoms with Gasteiger partial charge in [0, 0.05) is 13.1 Å². The molecule has 0 bridgehead atoms. The minimum absolute atomic E-state index is 0.115. The van der Waals surface area contributed by atoms with Crippen LogP contribution in [0.4, 0.5) is 0 Å². The second-order valence-corrected chi connectivity index (χ2v) is 3.66. The predicted octanol–water partition coefficient (Wildman–Crippen LogP) is 2.20. The number of rotatable bonds is 2. The number of ketones is 1. The average molecular weight is 178 g/mol. The summed E-state index contributed by atoms with van der Waals surface area (Å²) in [6.07, 6.45) is 6.59. The number of nitrogens with zero attached hydrogens (tertiary/aromatic N) is 2. The van der Waals surface area contributed by atoms with E-state index in [9.17, 15) is 4.79 Å². The lowest BCUT2D eigenvalue weighted by molar-refractivity contribution is 0.100. The monoisotopic (exact) mass is 178 g/mol. The molecule has 0 aliphatic heterocycles. The molecular weight excluding hydrogens is 164 g/mol. The summed E-state index contributed by atoms with van der Waals surface area (Å²) in [6, 6.07) is 2.27. The molecule has 0 N–H and O–H groups in total. The number of carbonyl (C=O) groups is 1. The summed E-state index contributed by atoms with van der Waals surface area (Å²) in [7, 11) is 0. The lowest BCUT2D eigenvalue weighted by Gasteiger charge is -2.11. The van der Waals surface area contributed by atoms with Crippen LogP contribution in [0.5, 0.6) is 0 Å². The smallest absolute Gasteiger partial charge is 0.177 e.